The van der Waals surface area contributed by atoms with E-state index in [-0.39, 0.29) is 11.8 Å². The summed E-state index contributed by atoms with van der Waals surface area (Å²) in [5, 5.41) is 10.4. The third-order valence-corrected chi connectivity index (χ3v) is 5.05. The van der Waals surface area contributed by atoms with Crippen molar-refractivity contribution in [3.8, 4) is 5.75 Å². The number of carbonyl (C=O) groups is 1. The Morgan fingerprint density at radius 3 is 3.04 bits per heavy atom. The second-order valence-electron chi connectivity index (χ2n) is 6.84. The summed E-state index contributed by atoms with van der Waals surface area (Å²) in [7, 11) is 0. The van der Waals surface area contributed by atoms with Gasteiger partial charge in [-0.2, -0.15) is 0 Å². The Balaban J connectivity index is 1.46. The predicted octanol–water partition coefficient (Wildman–Crippen LogP) is 2.08. The van der Waals surface area contributed by atoms with Gasteiger partial charge in [-0.25, -0.2) is 0 Å². The zero-order valence-electron chi connectivity index (χ0n) is 14.1. The van der Waals surface area contributed by atoms with Crippen molar-refractivity contribution in [1.29, 1.82) is 0 Å². The van der Waals surface area contributed by atoms with Crippen molar-refractivity contribution >= 4 is 5.91 Å². The Hall–Kier alpha value is -2.40. The smallest absolute Gasteiger partial charge is 0.253 e. The van der Waals surface area contributed by atoms with E-state index in [0.29, 0.717) is 25.1 Å². The van der Waals surface area contributed by atoms with Crippen molar-refractivity contribution in [2.24, 2.45) is 5.92 Å². The van der Waals surface area contributed by atoms with Crippen LogP contribution < -0.4 is 4.74 Å². The first-order valence-corrected chi connectivity index (χ1v) is 8.83. The summed E-state index contributed by atoms with van der Waals surface area (Å²) >= 11 is 0. The molecule has 1 fully saturated rings. The average molecular weight is 338 g/mol. The van der Waals surface area contributed by atoms with Gasteiger partial charge in [-0.3, -0.25) is 9.78 Å². The number of rotatable bonds is 3. The maximum atomic E-state index is 12.8. The molecule has 0 spiro atoms. The van der Waals surface area contributed by atoms with E-state index in [1.54, 1.807) is 11.1 Å². The number of aliphatic hydroxyl groups is 1. The van der Waals surface area contributed by atoms with Crippen LogP contribution in [0.15, 0.2) is 42.6 Å². The van der Waals surface area contributed by atoms with Crippen molar-refractivity contribution in [3.63, 3.8) is 0 Å². The number of β-amino-alcohol motifs (C(OH)–C–C–N with tert-alkyl or cyclic N) is 1. The van der Waals surface area contributed by atoms with Crippen LogP contribution in [0.5, 0.6) is 5.75 Å². The summed E-state index contributed by atoms with van der Waals surface area (Å²) in [5.41, 5.74) is 2.73. The van der Waals surface area contributed by atoms with Gasteiger partial charge in [-0.1, -0.05) is 6.07 Å². The van der Waals surface area contributed by atoms with Crippen molar-refractivity contribution < 1.29 is 14.6 Å². The number of pyridine rings is 1. The fourth-order valence-corrected chi connectivity index (χ4v) is 3.68. The molecule has 0 radical (unpaired) electrons. The molecule has 2 aromatic rings. The van der Waals surface area contributed by atoms with E-state index in [1.165, 1.54) is 0 Å². The quantitative estimate of drug-likeness (QED) is 0.931. The zero-order valence-corrected chi connectivity index (χ0v) is 14.1. The van der Waals surface area contributed by atoms with Crippen LogP contribution in [0.25, 0.3) is 0 Å². The molecule has 1 aromatic carbocycles. The molecule has 4 rings (SSSR count). The Kier molecular flexibility index (Phi) is 4.40. The SMILES string of the molecule is O=C(c1ccc2c(c1)CCCO2)N1C[C@@H](Cc2ccccn2)[C@H](O)C1. The molecule has 5 nitrogen and oxygen atoms in total. The fraction of sp³-hybridized carbons (Fsp3) is 0.400. The molecule has 1 saturated heterocycles. The molecule has 1 aromatic heterocycles. The Bertz CT molecular complexity index is 763. The number of aryl methyl sites for hydroxylation is 1. The van der Waals surface area contributed by atoms with Gasteiger partial charge in [0, 0.05) is 36.5 Å². The van der Waals surface area contributed by atoms with Crippen molar-refractivity contribution in [3.05, 3.63) is 59.4 Å². The molecule has 0 aliphatic carbocycles. The summed E-state index contributed by atoms with van der Waals surface area (Å²) in [6, 6.07) is 11.4. The third-order valence-electron chi connectivity index (χ3n) is 5.05. The first-order chi connectivity index (χ1) is 12.2. The lowest BCUT2D eigenvalue weighted by molar-refractivity contribution is 0.0764. The van der Waals surface area contributed by atoms with Crippen LogP contribution in [0.2, 0.25) is 0 Å². The van der Waals surface area contributed by atoms with Gasteiger partial charge in [-0.05, 0) is 55.2 Å². The number of aromatic nitrogens is 1. The van der Waals surface area contributed by atoms with E-state index >= 15 is 0 Å². The van der Waals surface area contributed by atoms with Gasteiger partial charge in [0.05, 0.1) is 12.7 Å². The van der Waals surface area contributed by atoms with Crippen molar-refractivity contribution in [2.45, 2.75) is 25.4 Å². The number of aliphatic hydroxyl groups excluding tert-OH is 1. The topological polar surface area (TPSA) is 62.7 Å². The van der Waals surface area contributed by atoms with E-state index in [2.05, 4.69) is 4.98 Å². The number of benzene rings is 1. The van der Waals surface area contributed by atoms with Crippen LogP contribution >= 0.6 is 0 Å². The van der Waals surface area contributed by atoms with E-state index in [1.807, 2.05) is 36.4 Å². The van der Waals surface area contributed by atoms with E-state index in [9.17, 15) is 9.90 Å². The second-order valence-corrected chi connectivity index (χ2v) is 6.84. The minimum Gasteiger partial charge on any atom is -0.493 e. The Morgan fingerprint density at radius 1 is 1.28 bits per heavy atom. The summed E-state index contributed by atoms with van der Waals surface area (Å²) < 4.78 is 5.61. The van der Waals surface area contributed by atoms with Gasteiger partial charge in [-0.15, -0.1) is 0 Å². The number of ether oxygens (including phenoxy) is 1. The maximum absolute atomic E-state index is 12.8. The van der Waals surface area contributed by atoms with Crippen LogP contribution in [0, 0.1) is 5.92 Å². The fourth-order valence-electron chi connectivity index (χ4n) is 3.68. The minimum atomic E-state index is -0.507. The van der Waals surface area contributed by atoms with Crippen molar-refractivity contribution in [2.75, 3.05) is 19.7 Å². The molecule has 25 heavy (non-hydrogen) atoms. The van der Waals surface area contributed by atoms with Crippen LogP contribution in [-0.2, 0) is 12.8 Å². The number of amides is 1. The lowest BCUT2D eigenvalue weighted by Crippen LogP contribution is -2.29. The molecular formula is C20H22N2O3. The molecule has 2 aliphatic rings. The van der Waals surface area contributed by atoms with Crippen LogP contribution in [0.3, 0.4) is 0 Å². The number of nitrogens with zero attached hydrogens (tertiary/aromatic N) is 2. The predicted molar refractivity (Wildman–Crippen MR) is 93.6 cm³/mol. The van der Waals surface area contributed by atoms with E-state index in [4.69, 9.17) is 4.74 Å². The van der Waals surface area contributed by atoms with Gasteiger partial charge in [0.15, 0.2) is 0 Å². The molecule has 2 aliphatic heterocycles. The lowest BCUT2D eigenvalue weighted by Gasteiger charge is -2.20. The maximum Gasteiger partial charge on any atom is 0.253 e. The Labute approximate surface area is 147 Å². The summed E-state index contributed by atoms with van der Waals surface area (Å²) in [4.78, 5) is 18.9. The molecule has 130 valence electrons. The summed E-state index contributed by atoms with van der Waals surface area (Å²) in [6.07, 6.45) is 3.87. The van der Waals surface area contributed by atoms with Gasteiger partial charge in [0.1, 0.15) is 5.75 Å². The highest BCUT2D eigenvalue weighted by Gasteiger charge is 2.34. The molecule has 0 saturated carbocycles. The number of carbonyl (C=O) groups excluding carboxylic acids is 1. The molecule has 1 N–H and O–H groups in total. The number of hydrogen-bond acceptors (Lipinski definition) is 4. The van der Waals surface area contributed by atoms with Crippen LogP contribution in [0.4, 0.5) is 0 Å². The minimum absolute atomic E-state index is 0.0176. The first-order valence-electron chi connectivity index (χ1n) is 8.83. The first kappa shape index (κ1) is 16.1. The highest BCUT2D eigenvalue weighted by Crippen LogP contribution is 2.28. The molecule has 0 unspecified atom stereocenters. The molecule has 2 atom stereocenters. The van der Waals surface area contributed by atoms with Crippen molar-refractivity contribution in [1.82, 2.24) is 9.88 Å². The van der Waals surface area contributed by atoms with Crippen LogP contribution in [0.1, 0.15) is 28.0 Å². The molecular weight excluding hydrogens is 316 g/mol. The molecule has 1 amide bonds. The highest BCUT2D eigenvalue weighted by atomic mass is 16.5. The van der Waals surface area contributed by atoms with E-state index in [0.717, 1.165) is 36.5 Å². The lowest BCUT2D eigenvalue weighted by atomic mass is 10.00. The van der Waals surface area contributed by atoms with Gasteiger partial charge in [0.25, 0.3) is 5.91 Å². The molecule has 3 heterocycles. The highest BCUT2D eigenvalue weighted by molar-refractivity contribution is 5.95. The number of hydrogen-bond donors (Lipinski definition) is 1. The third kappa shape index (κ3) is 3.37. The summed E-state index contributed by atoms with van der Waals surface area (Å²) in [6.45, 7) is 1.68. The molecule has 5 heteroatoms. The second kappa shape index (κ2) is 6.84. The Morgan fingerprint density at radius 2 is 2.20 bits per heavy atom. The molecule has 0 bridgehead atoms. The average Bonchev–Trinajstić information content (AvgIpc) is 3.02. The number of likely N-dealkylation sites (tertiary alicyclic amines) is 1. The monoisotopic (exact) mass is 338 g/mol. The van der Waals surface area contributed by atoms with E-state index < -0.39 is 6.10 Å². The summed E-state index contributed by atoms with van der Waals surface area (Å²) in [5.74, 6) is 0.896. The van der Waals surface area contributed by atoms with Gasteiger partial charge >= 0.3 is 0 Å². The van der Waals surface area contributed by atoms with Gasteiger partial charge in [0.2, 0.25) is 0 Å². The zero-order chi connectivity index (χ0) is 17.2. The largest absolute Gasteiger partial charge is 0.493 e. The number of fused-ring (bicyclic) bond motifs is 1. The van der Waals surface area contributed by atoms with Crippen LogP contribution in [-0.4, -0.2) is 46.7 Å². The van der Waals surface area contributed by atoms with Gasteiger partial charge < -0.3 is 14.7 Å². The standard InChI is InChI=1S/C20H22N2O3/c23-18-13-22(12-16(18)11-17-5-1-2-8-21-17)20(24)15-6-7-19-14(10-15)4-3-9-25-19/h1-2,5-8,10,16,18,23H,3-4,9,11-13H2/t16-,18-/m1/s1. The normalized spacial score (nSPS) is 22.4.